The van der Waals surface area contributed by atoms with Crippen molar-refractivity contribution < 1.29 is 18.8 Å². The number of hydrogen-bond acceptors (Lipinski definition) is 3. The molecule has 0 saturated carbocycles. The highest BCUT2D eigenvalue weighted by Crippen LogP contribution is 2.09. The summed E-state index contributed by atoms with van der Waals surface area (Å²) < 4.78 is 13.1. The van der Waals surface area contributed by atoms with E-state index in [1.54, 1.807) is 37.3 Å². The molecule has 0 fully saturated rings. The average molecular weight is 371 g/mol. The fraction of sp³-hybridized carbons (Fsp3) is 0.250. The Kier molecular flexibility index (Phi) is 7.05. The Hall–Kier alpha value is -3.22. The number of halogens is 1. The van der Waals surface area contributed by atoms with Crippen LogP contribution in [0.15, 0.2) is 54.6 Å². The van der Waals surface area contributed by atoms with Gasteiger partial charge in [0, 0.05) is 30.8 Å². The highest BCUT2D eigenvalue weighted by Gasteiger charge is 2.18. The molecule has 1 atom stereocenters. The van der Waals surface area contributed by atoms with Gasteiger partial charge in [-0.05, 0) is 37.3 Å². The molecule has 0 saturated heterocycles. The van der Waals surface area contributed by atoms with Gasteiger partial charge in [-0.25, -0.2) is 4.39 Å². The number of nitrogens with zero attached hydrogens (tertiary/aromatic N) is 1. The first-order valence-corrected chi connectivity index (χ1v) is 8.50. The van der Waals surface area contributed by atoms with Gasteiger partial charge in [0.1, 0.15) is 5.82 Å². The predicted octanol–water partition coefficient (Wildman–Crippen LogP) is 2.43. The molecule has 2 N–H and O–H groups in total. The second kappa shape index (κ2) is 9.47. The summed E-state index contributed by atoms with van der Waals surface area (Å²) in [6.07, 6.45) is 0.0579. The molecule has 7 heteroatoms. The van der Waals surface area contributed by atoms with Gasteiger partial charge in [-0.1, -0.05) is 24.3 Å². The van der Waals surface area contributed by atoms with Crippen LogP contribution in [0.2, 0.25) is 0 Å². The summed E-state index contributed by atoms with van der Waals surface area (Å²) >= 11 is 0. The monoisotopic (exact) mass is 371 g/mol. The molecule has 3 amide bonds. The fourth-order valence-corrected chi connectivity index (χ4v) is 2.44. The molecule has 27 heavy (non-hydrogen) atoms. The molecular formula is C20H22FN3O3. The highest BCUT2D eigenvalue weighted by molar-refractivity contribution is 5.95. The standard InChI is InChI=1S/C20H22FN3O3/c1-14(22-20(27)15-7-4-3-5-8-15)11-19(26)24(2)13-18(25)23-17-10-6-9-16(21)12-17/h3-10,12,14H,11,13H2,1-2H3,(H,22,27)(H,23,25)/t14-/m1/s1. The number of amides is 3. The molecular weight excluding hydrogens is 349 g/mol. The van der Waals surface area contributed by atoms with Crippen molar-refractivity contribution in [2.24, 2.45) is 0 Å². The van der Waals surface area contributed by atoms with Crippen LogP contribution >= 0.6 is 0 Å². The molecule has 0 aliphatic rings. The second-order valence-corrected chi connectivity index (χ2v) is 6.25. The summed E-state index contributed by atoms with van der Waals surface area (Å²) in [7, 11) is 1.50. The number of benzene rings is 2. The zero-order valence-electron chi connectivity index (χ0n) is 15.2. The lowest BCUT2D eigenvalue weighted by Crippen LogP contribution is -2.40. The van der Waals surface area contributed by atoms with E-state index < -0.39 is 11.7 Å². The first-order chi connectivity index (χ1) is 12.8. The van der Waals surface area contributed by atoms with Crippen LogP contribution in [0.5, 0.6) is 0 Å². The normalized spacial score (nSPS) is 11.4. The minimum Gasteiger partial charge on any atom is -0.349 e. The Balaban J connectivity index is 1.80. The summed E-state index contributed by atoms with van der Waals surface area (Å²) in [5.74, 6) is -1.44. The molecule has 0 spiro atoms. The van der Waals surface area contributed by atoms with Crippen molar-refractivity contribution in [2.45, 2.75) is 19.4 Å². The van der Waals surface area contributed by atoms with Gasteiger partial charge in [-0.3, -0.25) is 14.4 Å². The number of anilines is 1. The van der Waals surface area contributed by atoms with Crippen LogP contribution in [-0.4, -0.2) is 42.3 Å². The summed E-state index contributed by atoms with van der Waals surface area (Å²) in [6.45, 7) is 1.55. The SMILES string of the molecule is C[C@H](CC(=O)N(C)CC(=O)Nc1cccc(F)c1)NC(=O)c1ccccc1. The van der Waals surface area contributed by atoms with Gasteiger partial charge >= 0.3 is 0 Å². The Bertz CT molecular complexity index is 811. The first-order valence-electron chi connectivity index (χ1n) is 8.50. The zero-order valence-corrected chi connectivity index (χ0v) is 15.2. The number of rotatable bonds is 7. The quantitative estimate of drug-likeness (QED) is 0.785. The Labute approximate surface area is 157 Å². The van der Waals surface area contributed by atoms with E-state index in [2.05, 4.69) is 10.6 Å². The van der Waals surface area contributed by atoms with Crippen LogP contribution in [0.1, 0.15) is 23.7 Å². The van der Waals surface area contributed by atoms with Crippen LogP contribution in [0.3, 0.4) is 0 Å². The smallest absolute Gasteiger partial charge is 0.251 e. The number of likely N-dealkylation sites (N-methyl/N-ethyl adjacent to an activating group) is 1. The highest BCUT2D eigenvalue weighted by atomic mass is 19.1. The number of carbonyl (C=O) groups is 3. The van der Waals surface area contributed by atoms with Crippen molar-refractivity contribution in [3.8, 4) is 0 Å². The third-order valence-corrected chi connectivity index (χ3v) is 3.81. The molecule has 2 rings (SSSR count). The lowest BCUT2D eigenvalue weighted by Gasteiger charge is -2.20. The molecule has 0 aliphatic heterocycles. The first kappa shape index (κ1) is 20.1. The van der Waals surface area contributed by atoms with Crippen molar-refractivity contribution in [2.75, 3.05) is 18.9 Å². The van der Waals surface area contributed by atoms with E-state index >= 15 is 0 Å². The Morgan fingerprint density at radius 1 is 1.07 bits per heavy atom. The largest absolute Gasteiger partial charge is 0.349 e. The van der Waals surface area contributed by atoms with Crippen molar-refractivity contribution in [1.82, 2.24) is 10.2 Å². The third-order valence-electron chi connectivity index (χ3n) is 3.81. The molecule has 0 bridgehead atoms. The summed E-state index contributed by atoms with van der Waals surface area (Å²) in [4.78, 5) is 37.6. The van der Waals surface area contributed by atoms with E-state index in [0.717, 1.165) is 0 Å². The lowest BCUT2D eigenvalue weighted by molar-refractivity contribution is -0.133. The van der Waals surface area contributed by atoms with Crippen LogP contribution < -0.4 is 10.6 Å². The maximum atomic E-state index is 13.1. The molecule has 2 aromatic rings. The molecule has 0 unspecified atom stereocenters. The maximum Gasteiger partial charge on any atom is 0.251 e. The molecule has 142 valence electrons. The summed E-state index contributed by atoms with van der Waals surface area (Å²) in [5.41, 5.74) is 0.837. The van der Waals surface area contributed by atoms with Crippen molar-refractivity contribution in [3.63, 3.8) is 0 Å². The van der Waals surface area contributed by atoms with E-state index in [9.17, 15) is 18.8 Å². The zero-order chi connectivity index (χ0) is 19.8. The van der Waals surface area contributed by atoms with Gasteiger partial charge in [0.25, 0.3) is 5.91 Å². The Morgan fingerprint density at radius 3 is 2.44 bits per heavy atom. The summed E-state index contributed by atoms with van der Waals surface area (Å²) in [6, 6.07) is 13.8. The Morgan fingerprint density at radius 2 is 1.78 bits per heavy atom. The van der Waals surface area contributed by atoms with Gasteiger partial charge in [-0.2, -0.15) is 0 Å². The molecule has 0 heterocycles. The van der Waals surface area contributed by atoms with Gasteiger partial charge in [0.05, 0.1) is 6.54 Å². The molecule has 2 aromatic carbocycles. The van der Waals surface area contributed by atoms with E-state index in [-0.39, 0.29) is 30.8 Å². The minimum absolute atomic E-state index is 0.0579. The van der Waals surface area contributed by atoms with Crippen LogP contribution in [0.4, 0.5) is 10.1 Å². The van der Waals surface area contributed by atoms with E-state index in [0.29, 0.717) is 11.3 Å². The third kappa shape index (κ3) is 6.54. The molecule has 0 aromatic heterocycles. The van der Waals surface area contributed by atoms with Gasteiger partial charge in [0.15, 0.2) is 0 Å². The van der Waals surface area contributed by atoms with Crippen LogP contribution in [0.25, 0.3) is 0 Å². The van der Waals surface area contributed by atoms with Crippen molar-refractivity contribution >= 4 is 23.4 Å². The average Bonchev–Trinajstić information content (AvgIpc) is 2.62. The predicted molar refractivity (Wildman–Crippen MR) is 101 cm³/mol. The van der Waals surface area contributed by atoms with Gasteiger partial charge in [0.2, 0.25) is 11.8 Å². The van der Waals surface area contributed by atoms with Crippen LogP contribution in [0, 0.1) is 5.82 Å². The fourth-order valence-electron chi connectivity index (χ4n) is 2.44. The number of nitrogens with one attached hydrogen (secondary N) is 2. The van der Waals surface area contributed by atoms with E-state index in [1.807, 2.05) is 6.07 Å². The second-order valence-electron chi connectivity index (χ2n) is 6.25. The molecule has 0 radical (unpaired) electrons. The summed E-state index contributed by atoms with van der Waals surface area (Å²) in [5, 5.41) is 5.29. The number of hydrogen-bond donors (Lipinski definition) is 2. The maximum absolute atomic E-state index is 13.1. The van der Waals surface area contributed by atoms with Crippen LogP contribution in [-0.2, 0) is 9.59 Å². The van der Waals surface area contributed by atoms with E-state index in [4.69, 9.17) is 0 Å². The van der Waals surface area contributed by atoms with Crippen molar-refractivity contribution in [3.05, 3.63) is 66.0 Å². The van der Waals surface area contributed by atoms with Crippen molar-refractivity contribution in [1.29, 1.82) is 0 Å². The minimum atomic E-state index is -0.458. The molecule has 6 nitrogen and oxygen atoms in total. The topological polar surface area (TPSA) is 78.5 Å². The lowest BCUT2D eigenvalue weighted by atomic mass is 10.1. The van der Waals surface area contributed by atoms with Gasteiger partial charge in [-0.15, -0.1) is 0 Å². The number of carbonyl (C=O) groups excluding carboxylic acids is 3. The van der Waals surface area contributed by atoms with Gasteiger partial charge < -0.3 is 15.5 Å². The van der Waals surface area contributed by atoms with E-state index in [1.165, 1.54) is 30.1 Å². The molecule has 0 aliphatic carbocycles.